The van der Waals surface area contributed by atoms with Gasteiger partial charge in [-0.1, -0.05) is 30.7 Å². The van der Waals surface area contributed by atoms with Crippen LogP contribution in [0.1, 0.15) is 12.5 Å². The largest absolute Gasteiger partial charge is 0.244 e. The molecule has 0 aliphatic rings. The summed E-state index contributed by atoms with van der Waals surface area (Å²) >= 11 is 5.94. The molecule has 3 aromatic rings. The summed E-state index contributed by atoms with van der Waals surface area (Å²) in [4.78, 5) is 4.34. The van der Waals surface area contributed by atoms with Crippen LogP contribution in [0.5, 0.6) is 0 Å². The highest BCUT2D eigenvalue weighted by atomic mass is 35.5. The molecular formula is C17H12ClF2N. The third kappa shape index (κ3) is 2.49. The fourth-order valence-corrected chi connectivity index (χ4v) is 2.56. The molecule has 0 amide bonds. The van der Waals surface area contributed by atoms with Gasteiger partial charge in [-0.2, -0.15) is 0 Å². The number of pyridine rings is 1. The number of rotatable bonds is 2. The van der Waals surface area contributed by atoms with Gasteiger partial charge in [-0.25, -0.2) is 13.8 Å². The van der Waals surface area contributed by atoms with Crippen molar-refractivity contribution in [1.82, 2.24) is 4.98 Å². The molecule has 1 heterocycles. The fraction of sp³-hybridized carbons (Fsp3) is 0.118. The van der Waals surface area contributed by atoms with E-state index in [1.165, 1.54) is 24.3 Å². The van der Waals surface area contributed by atoms with E-state index in [1.807, 2.05) is 13.0 Å². The number of para-hydroxylation sites is 1. The van der Waals surface area contributed by atoms with Gasteiger partial charge >= 0.3 is 0 Å². The maximum atomic E-state index is 14.1. The summed E-state index contributed by atoms with van der Waals surface area (Å²) in [5.41, 5.74) is 1.83. The molecule has 0 atom stereocenters. The van der Waals surface area contributed by atoms with Gasteiger partial charge in [0.1, 0.15) is 17.2 Å². The van der Waals surface area contributed by atoms with Crippen LogP contribution in [-0.2, 0) is 6.42 Å². The monoisotopic (exact) mass is 303 g/mol. The van der Waals surface area contributed by atoms with Crippen LogP contribution in [0.2, 0.25) is 5.02 Å². The van der Waals surface area contributed by atoms with Crippen molar-refractivity contribution in [3.8, 4) is 11.3 Å². The molecule has 0 fully saturated rings. The summed E-state index contributed by atoms with van der Waals surface area (Å²) in [6.07, 6.45) is 0.667. The molecule has 0 unspecified atom stereocenters. The van der Waals surface area contributed by atoms with Crippen molar-refractivity contribution in [3.63, 3.8) is 0 Å². The molecule has 3 rings (SSSR count). The number of hydrogen-bond acceptors (Lipinski definition) is 1. The molecule has 21 heavy (non-hydrogen) atoms. The number of fused-ring (bicyclic) bond motifs is 1. The summed E-state index contributed by atoms with van der Waals surface area (Å²) in [6, 6.07) is 10.9. The lowest BCUT2D eigenvalue weighted by molar-refractivity contribution is 0.629. The number of aryl methyl sites for hydroxylation is 1. The van der Waals surface area contributed by atoms with Crippen molar-refractivity contribution < 1.29 is 8.78 Å². The first-order valence-electron chi connectivity index (χ1n) is 6.63. The van der Waals surface area contributed by atoms with Gasteiger partial charge in [0.15, 0.2) is 0 Å². The van der Waals surface area contributed by atoms with Gasteiger partial charge in [-0.3, -0.25) is 0 Å². The van der Waals surface area contributed by atoms with E-state index in [-0.39, 0.29) is 5.52 Å². The Bertz CT molecular complexity index is 830. The summed E-state index contributed by atoms with van der Waals surface area (Å²) in [5.74, 6) is -0.837. The highest BCUT2D eigenvalue weighted by Gasteiger charge is 2.14. The topological polar surface area (TPSA) is 12.9 Å². The predicted octanol–water partition coefficient (Wildman–Crippen LogP) is 5.40. The molecule has 0 bridgehead atoms. The van der Waals surface area contributed by atoms with Gasteiger partial charge in [0.2, 0.25) is 0 Å². The van der Waals surface area contributed by atoms with Crippen LogP contribution < -0.4 is 0 Å². The molecule has 0 N–H and O–H groups in total. The second-order valence-electron chi connectivity index (χ2n) is 4.79. The van der Waals surface area contributed by atoms with Gasteiger partial charge in [0.25, 0.3) is 0 Å². The van der Waals surface area contributed by atoms with Crippen LogP contribution in [0.3, 0.4) is 0 Å². The first kappa shape index (κ1) is 14.0. The molecule has 0 saturated heterocycles. The average Bonchev–Trinajstić information content (AvgIpc) is 2.49. The van der Waals surface area contributed by atoms with Gasteiger partial charge in [0, 0.05) is 16.0 Å². The Morgan fingerprint density at radius 2 is 1.86 bits per heavy atom. The molecule has 4 heteroatoms. The summed E-state index contributed by atoms with van der Waals surface area (Å²) in [5, 5.41) is 1.13. The SMILES string of the molecule is CCc1cc2cccc(F)c2nc1-c1cc(Cl)ccc1F. The highest BCUT2D eigenvalue weighted by molar-refractivity contribution is 6.30. The van der Waals surface area contributed by atoms with Gasteiger partial charge in [-0.15, -0.1) is 0 Å². The van der Waals surface area contributed by atoms with Crippen LogP contribution in [0.25, 0.3) is 22.2 Å². The summed E-state index contributed by atoms with van der Waals surface area (Å²) < 4.78 is 28.0. The zero-order valence-electron chi connectivity index (χ0n) is 11.3. The molecule has 0 radical (unpaired) electrons. The first-order valence-corrected chi connectivity index (χ1v) is 7.01. The molecular weight excluding hydrogens is 292 g/mol. The van der Waals surface area contributed by atoms with Crippen molar-refractivity contribution in [1.29, 1.82) is 0 Å². The Hall–Kier alpha value is -2.00. The molecule has 1 nitrogen and oxygen atoms in total. The minimum Gasteiger partial charge on any atom is -0.244 e. The van der Waals surface area contributed by atoms with Crippen molar-refractivity contribution in [2.75, 3.05) is 0 Å². The lowest BCUT2D eigenvalue weighted by Gasteiger charge is -2.11. The van der Waals surface area contributed by atoms with Gasteiger partial charge in [0.05, 0.1) is 5.69 Å². The van der Waals surface area contributed by atoms with Crippen molar-refractivity contribution in [2.45, 2.75) is 13.3 Å². The third-order valence-electron chi connectivity index (χ3n) is 3.44. The van der Waals surface area contributed by atoms with Crippen LogP contribution in [0.4, 0.5) is 8.78 Å². The third-order valence-corrected chi connectivity index (χ3v) is 3.68. The zero-order valence-corrected chi connectivity index (χ0v) is 12.1. The van der Waals surface area contributed by atoms with Crippen LogP contribution >= 0.6 is 11.6 Å². The molecule has 0 spiro atoms. The maximum Gasteiger partial charge on any atom is 0.149 e. The zero-order chi connectivity index (χ0) is 15.0. The number of nitrogens with zero attached hydrogens (tertiary/aromatic N) is 1. The average molecular weight is 304 g/mol. The van der Waals surface area contributed by atoms with Crippen molar-refractivity contribution in [3.05, 3.63) is 64.7 Å². The van der Waals surface area contributed by atoms with E-state index in [4.69, 9.17) is 11.6 Å². The van der Waals surface area contributed by atoms with E-state index in [0.29, 0.717) is 28.1 Å². The van der Waals surface area contributed by atoms with E-state index in [2.05, 4.69) is 4.98 Å². The summed E-state index contributed by atoms with van der Waals surface area (Å²) in [6.45, 7) is 1.95. The Kier molecular flexibility index (Phi) is 3.60. The first-order chi connectivity index (χ1) is 10.1. The van der Waals surface area contributed by atoms with Crippen molar-refractivity contribution in [2.24, 2.45) is 0 Å². The minimum absolute atomic E-state index is 0.240. The highest BCUT2D eigenvalue weighted by Crippen LogP contribution is 2.30. The maximum absolute atomic E-state index is 14.1. The normalized spacial score (nSPS) is 11.0. The second-order valence-corrected chi connectivity index (χ2v) is 5.22. The molecule has 2 aromatic carbocycles. The molecule has 0 aliphatic heterocycles. The molecule has 1 aromatic heterocycles. The van der Waals surface area contributed by atoms with E-state index >= 15 is 0 Å². The smallest absolute Gasteiger partial charge is 0.149 e. The summed E-state index contributed by atoms with van der Waals surface area (Å²) in [7, 11) is 0. The minimum atomic E-state index is -0.419. The number of halogens is 3. The Labute approximate surface area is 126 Å². The second kappa shape index (κ2) is 5.41. The van der Waals surface area contributed by atoms with Crippen molar-refractivity contribution >= 4 is 22.5 Å². The Balaban J connectivity index is 2.35. The van der Waals surface area contributed by atoms with E-state index < -0.39 is 11.6 Å². The molecule has 0 saturated carbocycles. The number of aromatic nitrogens is 1. The molecule has 106 valence electrons. The predicted molar refractivity (Wildman–Crippen MR) is 81.5 cm³/mol. The van der Waals surface area contributed by atoms with Crippen LogP contribution in [0.15, 0.2) is 42.5 Å². The van der Waals surface area contributed by atoms with Gasteiger partial charge in [-0.05, 0) is 42.3 Å². The Morgan fingerprint density at radius 1 is 1.05 bits per heavy atom. The molecule has 0 aliphatic carbocycles. The van der Waals surface area contributed by atoms with E-state index in [1.54, 1.807) is 12.1 Å². The van der Waals surface area contributed by atoms with E-state index in [9.17, 15) is 8.78 Å². The quantitative estimate of drug-likeness (QED) is 0.618. The van der Waals surface area contributed by atoms with Crippen LogP contribution in [-0.4, -0.2) is 4.98 Å². The van der Waals surface area contributed by atoms with Crippen LogP contribution in [0, 0.1) is 11.6 Å². The fourth-order valence-electron chi connectivity index (χ4n) is 2.39. The lowest BCUT2D eigenvalue weighted by atomic mass is 10.0. The lowest BCUT2D eigenvalue weighted by Crippen LogP contribution is -1.97. The number of benzene rings is 2. The standard InChI is InChI=1S/C17H12ClF2N/c1-2-10-8-11-4-3-5-15(20)17(11)21-16(10)13-9-12(18)6-7-14(13)19/h3-9H,2H2,1H3. The Morgan fingerprint density at radius 3 is 2.62 bits per heavy atom. The van der Waals surface area contributed by atoms with E-state index in [0.717, 1.165) is 5.56 Å². The number of hydrogen-bond donors (Lipinski definition) is 0. The van der Waals surface area contributed by atoms with Gasteiger partial charge < -0.3 is 0 Å².